The Bertz CT molecular complexity index is 1520. The minimum Gasteiger partial charge on any atom is -0.466 e. The molecule has 4 rings (SSSR count). The summed E-state index contributed by atoms with van der Waals surface area (Å²) in [7, 11) is 2.31. The number of halogens is 1. The van der Waals surface area contributed by atoms with Crippen molar-refractivity contribution in [3.63, 3.8) is 0 Å². The van der Waals surface area contributed by atoms with Crippen molar-refractivity contribution in [3.05, 3.63) is 123 Å². The van der Waals surface area contributed by atoms with Crippen molar-refractivity contribution in [1.29, 1.82) is 5.26 Å². The van der Waals surface area contributed by atoms with Gasteiger partial charge in [0.05, 0.1) is 43.0 Å². The van der Waals surface area contributed by atoms with Gasteiger partial charge in [-0.15, -0.1) is 0 Å². The number of ether oxygens (including phenoxy) is 2. The van der Waals surface area contributed by atoms with Gasteiger partial charge in [-0.1, -0.05) is 72.3 Å². The Morgan fingerprint density at radius 2 is 1.53 bits per heavy atom. The number of hydrogen-bond acceptors (Lipinski definition) is 8. The summed E-state index contributed by atoms with van der Waals surface area (Å²) in [6.07, 6.45) is 0. The molecule has 1 heterocycles. The number of nitrogens with zero attached hydrogens (tertiary/aromatic N) is 2. The van der Waals surface area contributed by atoms with Gasteiger partial charge < -0.3 is 15.2 Å². The Morgan fingerprint density at radius 1 is 0.921 bits per heavy atom. The van der Waals surface area contributed by atoms with E-state index in [-0.39, 0.29) is 38.9 Å². The number of nitriles is 1. The van der Waals surface area contributed by atoms with Crippen molar-refractivity contribution in [3.8, 4) is 6.07 Å². The molecule has 1 unspecified atom stereocenters. The Balaban J connectivity index is 2.09. The lowest BCUT2D eigenvalue weighted by Crippen LogP contribution is -2.41. The maximum Gasteiger partial charge on any atom is 0.355 e. The average molecular weight is 528 g/mol. The van der Waals surface area contributed by atoms with Crippen molar-refractivity contribution >= 4 is 35.0 Å². The van der Waals surface area contributed by atoms with E-state index in [1.807, 2.05) is 0 Å². The fourth-order valence-corrected chi connectivity index (χ4v) is 4.56. The number of hydrogen-bond donors (Lipinski definition) is 1. The molecule has 0 fully saturated rings. The molecule has 9 heteroatoms. The van der Waals surface area contributed by atoms with E-state index < -0.39 is 23.6 Å². The number of rotatable bonds is 6. The summed E-state index contributed by atoms with van der Waals surface area (Å²) in [5, 5.41) is 10.5. The van der Waals surface area contributed by atoms with E-state index in [2.05, 4.69) is 6.07 Å². The van der Waals surface area contributed by atoms with Gasteiger partial charge in [-0.05, 0) is 23.8 Å². The number of anilines is 1. The van der Waals surface area contributed by atoms with Gasteiger partial charge >= 0.3 is 11.9 Å². The molecular formula is C29H22ClN3O5. The van der Waals surface area contributed by atoms with Crippen molar-refractivity contribution in [2.45, 2.75) is 5.92 Å². The van der Waals surface area contributed by atoms with E-state index in [1.165, 1.54) is 18.2 Å². The maximum absolute atomic E-state index is 13.6. The normalized spacial score (nSPS) is 15.1. The number of nitrogens with two attached hydrogens (primary N) is 1. The van der Waals surface area contributed by atoms with Crippen LogP contribution in [0.3, 0.4) is 0 Å². The molecule has 1 aliphatic rings. The molecule has 0 saturated heterocycles. The SMILES string of the molecule is COC(=O)C1=C(C(=O)OC)N(c2cc(Cl)ccc2C(=O)c2ccccc2)C(N)=C(C#N)C1c1ccccc1. The number of benzene rings is 3. The Morgan fingerprint density at radius 3 is 2.11 bits per heavy atom. The minimum atomic E-state index is -1.04. The van der Waals surface area contributed by atoms with E-state index in [9.17, 15) is 19.6 Å². The molecule has 1 aliphatic heterocycles. The topological polar surface area (TPSA) is 123 Å². The first-order valence-electron chi connectivity index (χ1n) is 11.4. The Hall–Kier alpha value is -4.87. The molecular weight excluding hydrogens is 506 g/mol. The minimum absolute atomic E-state index is 0.0256. The molecule has 0 spiro atoms. The molecule has 0 aliphatic carbocycles. The molecule has 1 atom stereocenters. The van der Waals surface area contributed by atoms with Crippen LogP contribution in [-0.2, 0) is 19.1 Å². The molecule has 0 bridgehead atoms. The number of esters is 2. The predicted molar refractivity (Wildman–Crippen MR) is 141 cm³/mol. The van der Waals surface area contributed by atoms with Crippen LogP contribution in [0, 0.1) is 11.3 Å². The zero-order valence-electron chi connectivity index (χ0n) is 20.5. The second kappa shape index (κ2) is 11.0. The molecule has 190 valence electrons. The molecule has 0 aromatic heterocycles. The van der Waals surface area contributed by atoms with E-state index >= 15 is 0 Å². The number of carbonyl (C=O) groups is 3. The zero-order valence-corrected chi connectivity index (χ0v) is 21.2. The molecule has 38 heavy (non-hydrogen) atoms. The van der Waals surface area contributed by atoms with Crippen LogP contribution in [0.15, 0.2) is 102 Å². The van der Waals surface area contributed by atoms with Gasteiger partial charge in [0.15, 0.2) is 5.78 Å². The largest absolute Gasteiger partial charge is 0.466 e. The highest BCUT2D eigenvalue weighted by atomic mass is 35.5. The highest BCUT2D eigenvalue weighted by Gasteiger charge is 2.43. The number of ketones is 1. The summed E-state index contributed by atoms with van der Waals surface area (Å²) < 4.78 is 10.1. The van der Waals surface area contributed by atoms with Crippen LogP contribution in [0.4, 0.5) is 5.69 Å². The zero-order chi connectivity index (χ0) is 27.4. The van der Waals surface area contributed by atoms with Gasteiger partial charge in [-0.3, -0.25) is 9.69 Å². The highest BCUT2D eigenvalue weighted by Crippen LogP contribution is 2.44. The van der Waals surface area contributed by atoms with E-state index in [0.717, 1.165) is 19.1 Å². The monoisotopic (exact) mass is 527 g/mol. The summed E-state index contributed by atoms with van der Waals surface area (Å²) in [5.74, 6) is -3.39. The van der Waals surface area contributed by atoms with Crippen LogP contribution in [0.2, 0.25) is 5.02 Å². The van der Waals surface area contributed by atoms with Gasteiger partial charge in [0.25, 0.3) is 0 Å². The standard InChI is InChI=1S/C29H22ClN3O5/c1-37-28(35)24-23(17-9-5-3-6-10-17)21(16-31)27(32)33(25(24)29(36)38-2)22-15-19(30)13-14-20(22)26(34)18-11-7-4-8-12-18/h3-15,23H,32H2,1-2H3. The maximum atomic E-state index is 13.6. The third-order valence-electron chi connectivity index (χ3n) is 6.09. The van der Waals surface area contributed by atoms with Crippen molar-refractivity contribution in [2.24, 2.45) is 5.73 Å². The van der Waals surface area contributed by atoms with Gasteiger partial charge in [-0.2, -0.15) is 5.26 Å². The van der Waals surface area contributed by atoms with Crippen molar-refractivity contribution in [1.82, 2.24) is 0 Å². The first kappa shape index (κ1) is 26.2. The molecule has 2 N–H and O–H groups in total. The quantitative estimate of drug-likeness (QED) is 0.368. The molecule has 8 nitrogen and oxygen atoms in total. The van der Waals surface area contributed by atoms with Gasteiger partial charge in [0, 0.05) is 16.1 Å². The summed E-state index contributed by atoms with van der Waals surface area (Å²) in [5.41, 5.74) is 7.19. The second-order valence-corrected chi connectivity index (χ2v) is 8.63. The third-order valence-corrected chi connectivity index (χ3v) is 6.33. The van der Waals surface area contributed by atoms with E-state index in [0.29, 0.717) is 11.1 Å². The fourth-order valence-electron chi connectivity index (χ4n) is 4.39. The summed E-state index contributed by atoms with van der Waals surface area (Å²) in [6, 6.07) is 23.6. The van der Waals surface area contributed by atoms with Crippen molar-refractivity contribution in [2.75, 3.05) is 19.1 Å². The van der Waals surface area contributed by atoms with Crippen LogP contribution in [0.1, 0.15) is 27.4 Å². The molecule has 0 saturated carbocycles. The lowest BCUT2D eigenvalue weighted by molar-refractivity contribution is -0.139. The number of methoxy groups -OCH3 is 2. The van der Waals surface area contributed by atoms with Crippen molar-refractivity contribution < 1.29 is 23.9 Å². The van der Waals surface area contributed by atoms with Crippen LogP contribution >= 0.6 is 11.6 Å². The van der Waals surface area contributed by atoms with Crippen LogP contribution in [0.5, 0.6) is 0 Å². The molecule has 3 aromatic carbocycles. The van der Waals surface area contributed by atoms with Gasteiger partial charge in [-0.25, -0.2) is 9.59 Å². The first-order valence-corrected chi connectivity index (χ1v) is 11.8. The van der Waals surface area contributed by atoms with Crippen LogP contribution in [-0.4, -0.2) is 31.9 Å². The Kier molecular flexibility index (Phi) is 7.61. The summed E-state index contributed by atoms with van der Waals surface area (Å²) in [4.78, 5) is 41.3. The number of carbonyl (C=O) groups excluding carboxylic acids is 3. The van der Waals surface area contributed by atoms with Crippen LogP contribution in [0.25, 0.3) is 0 Å². The predicted octanol–water partition coefficient (Wildman–Crippen LogP) is 4.47. The smallest absolute Gasteiger partial charge is 0.355 e. The van der Waals surface area contributed by atoms with E-state index in [4.69, 9.17) is 26.8 Å². The molecule has 3 aromatic rings. The lowest BCUT2D eigenvalue weighted by atomic mass is 9.80. The van der Waals surface area contributed by atoms with E-state index in [1.54, 1.807) is 60.7 Å². The average Bonchev–Trinajstić information content (AvgIpc) is 2.96. The van der Waals surface area contributed by atoms with Crippen LogP contribution < -0.4 is 10.6 Å². The number of allylic oxidation sites excluding steroid dienone is 1. The first-order chi connectivity index (χ1) is 18.3. The highest BCUT2D eigenvalue weighted by molar-refractivity contribution is 6.31. The molecule has 0 amide bonds. The third kappa shape index (κ3) is 4.63. The molecule has 0 radical (unpaired) electrons. The lowest BCUT2D eigenvalue weighted by Gasteiger charge is -2.36. The fraction of sp³-hybridized carbons (Fsp3) is 0.103. The van der Waals surface area contributed by atoms with Gasteiger partial charge in [0.1, 0.15) is 11.5 Å². The second-order valence-electron chi connectivity index (χ2n) is 8.19. The van der Waals surface area contributed by atoms with Gasteiger partial charge in [0.2, 0.25) is 0 Å². The summed E-state index contributed by atoms with van der Waals surface area (Å²) in [6.45, 7) is 0. The Labute approximate surface area is 224 Å². The summed E-state index contributed by atoms with van der Waals surface area (Å²) >= 11 is 6.33.